The molecule has 0 bridgehead atoms. The van der Waals surface area contributed by atoms with Crippen molar-refractivity contribution < 1.29 is 27.8 Å². The average molecular weight is 327 g/mol. The van der Waals surface area contributed by atoms with Crippen LogP contribution in [0.4, 0.5) is 0 Å². The third-order valence-electron chi connectivity index (χ3n) is 2.29. The zero-order valence-corrected chi connectivity index (χ0v) is 14.3. The molecule has 0 aliphatic rings. The molecule has 0 aromatic carbocycles. The molecular formula is C13H30NO6P. The van der Waals surface area contributed by atoms with Crippen LogP contribution < -0.4 is 5.73 Å². The van der Waals surface area contributed by atoms with Crippen LogP contribution in [0, 0.1) is 0 Å². The molecule has 0 fully saturated rings. The highest BCUT2D eigenvalue weighted by molar-refractivity contribution is 7.53. The predicted molar refractivity (Wildman–Crippen MR) is 81.8 cm³/mol. The van der Waals surface area contributed by atoms with Gasteiger partial charge in [-0.05, 0) is 20.8 Å². The summed E-state index contributed by atoms with van der Waals surface area (Å²) in [5.74, 6) is 0. The van der Waals surface area contributed by atoms with Gasteiger partial charge in [0.25, 0.3) is 0 Å². The molecule has 0 saturated heterocycles. The molecule has 7 nitrogen and oxygen atoms in total. The van der Waals surface area contributed by atoms with Crippen molar-refractivity contribution in [3.05, 3.63) is 0 Å². The van der Waals surface area contributed by atoms with E-state index < -0.39 is 7.60 Å². The smallest absolute Gasteiger partial charge is 0.332 e. The van der Waals surface area contributed by atoms with E-state index in [0.29, 0.717) is 52.9 Å². The van der Waals surface area contributed by atoms with Gasteiger partial charge in [-0.25, -0.2) is 0 Å². The molecule has 0 aromatic rings. The molecule has 0 aliphatic carbocycles. The summed E-state index contributed by atoms with van der Waals surface area (Å²) >= 11 is 0. The second-order valence-electron chi connectivity index (χ2n) is 4.45. The van der Waals surface area contributed by atoms with Gasteiger partial charge >= 0.3 is 7.60 Å². The lowest BCUT2D eigenvalue weighted by Gasteiger charge is -2.16. The van der Waals surface area contributed by atoms with Gasteiger partial charge in [0.2, 0.25) is 0 Å². The van der Waals surface area contributed by atoms with Crippen molar-refractivity contribution in [1.29, 1.82) is 0 Å². The molecule has 0 rings (SSSR count). The van der Waals surface area contributed by atoms with Crippen LogP contribution in [0.3, 0.4) is 0 Å². The summed E-state index contributed by atoms with van der Waals surface area (Å²) in [6, 6.07) is 0.0414. The lowest BCUT2D eigenvalue weighted by molar-refractivity contribution is 0.0148. The summed E-state index contributed by atoms with van der Waals surface area (Å²) in [7, 11) is -3.00. The van der Waals surface area contributed by atoms with Gasteiger partial charge in [-0.2, -0.15) is 0 Å². The first-order valence-corrected chi connectivity index (χ1v) is 9.13. The van der Waals surface area contributed by atoms with Crippen molar-refractivity contribution in [3.8, 4) is 0 Å². The summed E-state index contributed by atoms with van der Waals surface area (Å²) in [5.41, 5.74) is 5.54. The van der Waals surface area contributed by atoms with E-state index in [9.17, 15) is 4.57 Å². The molecule has 0 saturated carbocycles. The zero-order chi connectivity index (χ0) is 16.0. The summed E-state index contributed by atoms with van der Waals surface area (Å²) in [4.78, 5) is 0. The van der Waals surface area contributed by atoms with E-state index in [1.165, 1.54) is 0 Å². The molecule has 2 N–H and O–H groups in total. The van der Waals surface area contributed by atoms with Crippen LogP contribution in [-0.2, 0) is 27.8 Å². The van der Waals surface area contributed by atoms with E-state index in [0.717, 1.165) is 0 Å². The second kappa shape index (κ2) is 13.6. The third-order valence-corrected chi connectivity index (χ3v) is 4.32. The maximum absolute atomic E-state index is 12.1. The molecule has 0 amide bonds. The standard InChI is InChI=1S/C13H30NO6P/c1-4-19-21(15,20-5-2)11-10-17-7-6-16-8-9-18-12-13(3)14/h13H,4-12,14H2,1-3H3/t13-/m0/s1. The average Bonchev–Trinajstić information content (AvgIpc) is 2.41. The number of ether oxygens (including phenoxy) is 3. The van der Waals surface area contributed by atoms with Crippen LogP contribution in [0.5, 0.6) is 0 Å². The van der Waals surface area contributed by atoms with Crippen molar-refractivity contribution >= 4 is 7.60 Å². The van der Waals surface area contributed by atoms with E-state index in [1.807, 2.05) is 6.92 Å². The Balaban J connectivity index is 3.44. The van der Waals surface area contributed by atoms with Crippen LogP contribution in [-0.4, -0.2) is 65.1 Å². The Bertz CT molecular complexity index is 267. The van der Waals surface area contributed by atoms with E-state index in [1.54, 1.807) is 13.8 Å². The van der Waals surface area contributed by atoms with Gasteiger partial charge in [0, 0.05) is 6.04 Å². The van der Waals surface area contributed by atoms with E-state index in [2.05, 4.69) is 0 Å². The van der Waals surface area contributed by atoms with Crippen molar-refractivity contribution in [2.45, 2.75) is 26.8 Å². The number of hydrogen-bond donors (Lipinski definition) is 1. The maximum Gasteiger partial charge on any atom is 0.332 e. The first kappa shape index (κ1) is 21.0. The first-order chi connectivity index (χ1) is 10.0. The van der Waals surface area contributed by atoms with Gasteiger partial charge < -0.3 is 29.0 Å². The van der Waals surface area contributed by atoms with Crippen molar-refractivity contribution in [3.63, 3.8) is 0 Å². The van der Waals surface area contributed by atoms with Gasteiger partial charge in [-0.3, -0.25) is 4.57 Å². The molecule has 0 aromatic heterocycles. The molecule has 0 spiro atoms. The molecule has 128 valence electrons. The van der Waals surface area contributed by atoms with Crippen molar-refractivity contribution in [1.82, 2.24) is 0 Å². The molecular weight excluding hydrogens is 297 g/mol. The largest absolute Gasteiger partial charge is 0.378 e. The highest BCUT2D eigenvalue weighted by Gasteiger charge is 2.22. The Hall–Kier alpha value is -0.0100. The van der Waals surface area contributed by atoms with Gasteiger partial charge in [0.05, 0.1) is 59.0 Å². The Labute approximate surface area is 127 Å². The van der Waals surface area contributed by atoms with E-state index >= 15 is 0 Å². The Morgan fingerprint density at radius 1 is 0.905 bits per heavy atom. The number of rotatable bonds is 15. The lowest BCUT2D eigenvalue weighted by Crippen LogP contribution is -2.23. The summed E-state index contributed by atoms with van der Waals surface area (Å²) in [6.07, 6.45) is 0.256. The summed E-state index contributed by atoms with van der Waals surface area (Å²) < 4.78 is 38.3. The van der Waals surface area contributed by atoms with E-state index in [4.69, 9.17) is 29.0 Å². The molecule has 0 unspecified atom stereocenters. The van der Waals surface area contributed by atoms with Crippen LogP contribution in [0.1, 0.15) is 20.8 Å². The highest BCUT2D eigenvalue weighted by Crippen LogP contribution is 2.47. The Morgan fingerprint density at radius 2 is 1.38 bits per heavy atom. The lowest BCUT2D eigenvalue weighted by atomic mass is 10.4. The maximum atomic E-state index is 12.1. The fourth-order valence-corrected chi connectivity index (χ4v) is 2.92. The predicted octanol–water partition coefficient (Wildman–Crippen LogP) is 1.65. The first-order valence-electron chi connectivity index (χ1n) is 7.41. The normalized spacial score (nSPS) is 13.5. The third kappa shape index (κ3) is 13.4. The molecule has 21 heavy (non-hydrogen) atoms. The van der Waals surface area contributed by atoms with Crippen molar-refractivity contribution in [2.75, 3.05) is 59.0 Å². The van der Waals surface area contributed by atoms with Crippen LogP contribution in [0.2, 0.25) is 0 Å². The highest BCUT2D eigenvalue weighted by atomic mass is 31.2. The minimum Gasteiger partial charge on any atom is -0.378 e. The summed E-state index contributed by atoms with van der Waals surface area (Å²) in [5, 5.41) is 0. The van der Waals surface area contributed by atoms with Crippen molar-refractivity contribution in [2.24, 2.45) is 5.73 Å². The topological polar surface area (TPSA) is 89.2 Å². The van der Waals surface area contributed by atoms with E-state index in [-0.39, 0.29) is 12.2 Å². The molecule has 0 radical (unpaired) electrons. The minimum atomic E-state index is -3.00. The Kier molecular flexibility index (Phi) is 13.6. The fraction of sp³-hybridized carbons (Fsp3) is 1.00. The van der Waals surface area contributed by atoms with Gasteiger partial charge in [-0.15, -0.1) is 0 Å². The zero-order valence-electron chi connectivity index (χ0n) is 13.4. The quantitative estimate of drug-likeness (QED) is 0.361. The monoisotopic (exact) mass is 327 g/mol. The van der Waals surface area contributed by atoms with Crippen LogP contribution in [0.25, 0.3) is 0 Å². The van der Waals surface area contributed by atoms with Crippen LogP contribution in [0.15, 0.2) is 0 Å². The second-order valence-corrected chi connectivity index (χ2v) is 6.63. The SMILES string of the molecule is CCOP(=O)(CCOCCOCCOC[C@H](C)N)OCC. The molecule has 0 aliphatic heterocycles. The number of hydrogen-bond acceptors (Lipinski definition) is 7. The Morgan fingerprint density at radius 3 is 1.86 bits per heavy atom. The molecule has 8 heteroatoms. The summed E-state index contributed by atoms with van der Waals surface area (Å²) in [6.45, 7) is 8.97. The number of nitrogens with two attached hydrogens (primary N) is 1. The van der Waals surface area contributed by atoms with Crippen LogP contribution >= 0.6 is 7.60 Å². The molecule has 1 atom stereocenters. The van der Waals surface area contributed by atoms with Gasteiger partial charge in [0.1, 0.15) is 0 Å². The van der Waals surface area contributed by atoms with Gasteiger partial charge in [0.15, 0.2) is 0 Å². The molecule has 0 heterocycles. The van der Waals surface area contributed by atoms with Gasteiger partial charge in [-0.1, -0.05) is 0 Å². The minimum absolute atomic E-state index is 0.0414. The fourth-order valence-electron chi connectivity index (χ4n) is 1.45.